The van der Waals surface area contributed by atoms with Gasteiger partial charge in [0, 0.05) is 35.1 Å². The first-order valence-electron chi connectivity index (χ1n) is 9.33. The molecule has 1 saturated heterocycles. The number of rotatable bonds is 6. The number of hydrogen-bond donors (Lipinski definition) is 1. The third kappa shape index (κ3) is 5.98. The van der Waals surface area contributed by atoms with Crippen LogP contribution >= 0.6 is 31.9 Å². The Bertz CT molecular complexity index is 1020. The van der Waals surface area contributed by atoms with Crippen LogP contribution in [0.25, 0.3) is 0 Å². The quantitative estimate of drug-likeness (QED) is 0.437. The molecule has 1 amide bonds. The lowest BCUT2D eigenvalue weighted by Gasteiger charge is -2.33. The van der Waals surface area contributed by atoms with Gasteiger partial charge in [0.1, 0.15) is 0 Å². The Labute approximate surface area is 193 Å². The Morgan fingerprint density at radius 1 is 0.967 bits per heavy atom. The molecule has 3 rings (SSSR count). The molecule has 2 aromatic rings. The van der Waals surface area contributed by atoms with E-state index in [-0.39, 0.29) is 17.3 Å². The van der Waals surface area contributed by atoms with Crippen molar-refractivity contribution in [3.8, 4) is 0 Å². The smallest absolute Gasteiger partial charge is 0.254 e. The third-order valence-corrected chi connectivity index (χ3v) is 7.73. The first-order valence-corrected chi connectivity index (χ1v) is 12.4. The Morgan fingerprint density at radius 3 is 2.07 bits per heavy atom. The molecule has 0 atom stereocenters. The Hall–Kier alpha value is -1.59. The Morgan fingerprint density at radius 2 is 1.50 bits per heavy atom. The van der Waals surface area contributed by atoms with Gasteiger partial charge in [0.15, 0.2) is 0 Å². The van der Waals surface area contributed by atoms with Crippen molar-refractivity contribution in [3.63, 3.8) is 0 Å². The molecule has 30 heavy (non-hydrogen) atoms. The van der Waals surface area contributed by atoms with Crippen LogP contribution in [0.1, 0.15) is 12.5 Å². The van der Waals surface area contributed by atoms with E-state index in [9.17, 15) is 13.2 Å². The van der Waals surface area contributed by atoms with Crippen LogP contribution in [0.2, 0.25) is 0 Å². The number of nitrogens with one attached hydrogen (secondary N) is 1. The maximum absolute atomic E-state index is 12.8. The summed E-state index contributed by atoms with van der Waals surface area (Å²) in [4.78, 5) is 14.4. The van der Waals surface area contributed by atoms with E-state index in [4.69, 9.17) is 0 Å². The normalized spacial score (nSPS) is 16.4. The average molecular weight is 558 g/mol. The number of benzene rings is 2. The topological polar surface area (TPSA) is 82.1 Å². The second-order valence-electron chi connectivity index (χ2n) is 6.87. The summed E-state index contributed by atoms with van der Waals surface area (Å²) in [6.45, 7) is 3.65. The van der Waals surface area contributed by atoms with E-state index in [0.29, 0.717) is 31.9 Å². The van der Waals surface area contributed by atoms with Crippen molar-refractivity contribution < 1.29 is 13.2 Å². The molecule has 1 N–H and O–H groups in total. The molecule has 0 aliphatic carbocycles. The molecule has 0 aromatic heterocycles. The van der Waals surface area contributed by atoms with E-state index >= 15 is 0 Å². The zero-order valence-electron chi connectivity index (χ0n) is 16.4. The number of amides is 1. The SMILES string of the molecule is C/C(=N/NC(=O)CN1CCN(S(=O)(=O)c2ccc(Br)cc2)CC1)c1ccc(Br)cc1. The molecular formula is C20H22Br2N4O3S. The van der Waals surface area contributed by atoms with Crippen LogP contribution in [0.5, 0.6) is 0 Å². The summed E-state index contributed by atoms with van der Waals surface area (Å²) in [5.41, 5.74) is 4.21. The fourth-order valence-corrected chi connectivity index (χ4v) is 4.97. The largest absolute Gasteiger partial charge is 0.292 e. The molecule has 1 fully saturated rings. The van der Waals surface area contributed by atoms with Gasteiger partial charge in [-0.05, 0) is 48.9 Å². The standard InChI is InChI=1S/C20H22Br2N4O3S/c1-15(16-2-4-17(21)5-3-16)23-24-20(27)14-25-10-12-26(13-11-25)30(28,29)19-8-6-18(22)7-9-19/h2-9H,10-14H2,1H3,(H,24,27)/b23-15-. The van der Waals surface area contributed by atoms with Gasteiger partial charge < -0.3 is 0 Å². The molecule has 0 unspecified atom stereocenters. The van der Waals surface area contributed by atoms with Gasteiger partial charge in [0.25, 0.3) is 5.91 Å². The van der Waals surface area contributed by atoms with Crippen molar-refractivity contribution >= 4 is 53.5 Å². The number of sulfonamides is 1. The molecular weight excluding hydrogens is 536 g/mol. The summed E-state index contributed by atoms with van der Waals surface area (Å²) in [7, 11) is -3.53. The fourth-order valence-electron chi connectivity index (χ4n) is 3.02. The van der Waals surface area contributed by atoms with Crippen LogP contribution in [0.15, 0.2) is 67.5 Å². The number of hydrogen-bond acceptors (Lipinski definition) is 5. The highest BCUT2D eigenvalue weighted by Crippen LogP contribution is 2.20. The highest BCUT2D eigenvalue weighted by atomic mass is 79.9. The van der Waals surface area contributed by atoms with E-state index in [0.717, 1.165) is 14.5 Å². The van der Waals surface area contributed by atoms with Gasteiger partial charge in [0.2, 0.25) is 10.0 Å². The van der Waals surface area contributed by atoms with Crippen molar-refractivity contribution in [2.24, 2.45) is 5.10 Å². The minimum Gasteiger partial charge on any atom is -0.292 e. The van der Waals surface area contributed by atoms with Crippen molar-refractivity contribution in [2.75, 3.05) is 32.7 Å². The van der Waals surface area contributed by atoms with Gasteiger partial charge >= 0.3 is 0 Å². The summed E-state index contributed by atoms with van der Waals surface area (Å²) >= 11 is 6.70. The van der Waals surface area contributed by atoms with Crippen molar-refractivity contribution in [1.82, 2.24) is 14.6 Å². The molecule has 0 radical (unpaired) electrons. The summed E-state index contributed by atoms with van der Waals surface area (Å²) < 4.78 is 28.8. The zero-order chi connectivity index (χ0) is 21.7. The summed E-state index contributed by atoms with van der Waals surface area (Å²) in [5, 5.41) is 4.16. The van der Waals surface area contributed by atoms with Gasteiger partial charge in [0.05, 0.1) is 17.2 Å². The number of carbonyl (C=O) groups excluding carboxylic acids is 1. The lowest BCUT2D eigenvalue weighted by Crippen LogP contribution is -2.50. The highest BCUT2D eigenvalue weighted by molar-refractivity contribution is 9.10. The molecule has 2 aromatic carbocycles. The molecule has 160 valence electrons. The first-order chi connectivity index (χ1) is 14.3. The van der Waals surface area contributed by atoms with Gasteiger partial charge in [-0.3, -0.25) is 9.69 Å². The first kappa shape index (κ1) is 23.1. The van der Waals surface area contributed by atoms with Crippen molar-refractivity contribution in [3.05, 3.63) is 63.0 Å². The summed E-state index contributed by atoms with van der Waals surface area (Å²) in [6.07, 6.45) is 0. The van der Waals surface area contributed by atoms with E-state index < -0.39 is 10.0 Å². The monoisotopic (exact) mass is 556 g/mol. The number of nitrogens with zero attached hydrogens (tertiary/aromatic N) is 3. The Kier molecular flexibility index (Phi) is 7.81. The van der Waals surface area contributed by atoms with Gasteiger partial charge in [-0.15, -0.1) is 0 Å². The van der Waals surface area contributed by atoms with Crippen LogP contribution in [0.4, 0.5) is 0 Å². The number of hydrazone groups is 1. The lowest BCUT2D eigenvalue weighted by atomic mass is 10.1. The predicted molar refractivity (Wildman–Crippen MR) is 124 cm³/mol. The third-order valence-electron chi connectivity index (χ3n) is 4.76. The van der Waals surface area contributed by atoms with Crippen molar-refractivity contribution in [2.45, 2.75) is 11.8 Å². The van der Waals surface area contributed by atoms with Crippen molar-refractivity contribution in [1.29, 1.82) is 0 Å². The predicted octanol–water partition coefficient (Wildman–Crippen LogP) is 3.06. The van der Waals surface area contributed by atoms with Crippen LogP contribution in [0.3, 0.4) is 0 Å². The molecule has 1 heterocycles. The van der Waals surface area contributed by atoms with Gasteiger partial charge in [-0.1, -0.05) is 44.0 Å². The molecule has 0 saturated carbocycles. The Balaban J connectivity index is 1.50. The molecule has 10 heteroatoms. The van der Waals surface area contributed by atoms with Gasteiger partial charge in [-0.25, -0.2) is 13.8 Å². The van der Waals surface area contributed by atoms with E-state index in [2.05, 4.69) is 42.4 Å². The second-order valence-corrected chi connectivity index (χ2v) is 10.6. The minimum atomic E-state index is -3.53. The summed E-state index contributed by atoms with van der Waals surface area (Å²) in [5.74, 6) is -0.226. The van der Waals surface area contributed by atoms with E-state index in [1.165, 1.54) is 4.31 Å². The molecule has 0 bridgehead atoms. The second kappa shape index (κ2) is 10.1. The fraction of sp³-hybridized carbons (Fsp3) is 0.300. The highest BCUT2D eigenvalue weighted by Gasteiger charge is 2.29. The maximum atomic E-state index is 12.8. The van der Waals surface area contributed by atoms with Crippen LogP contribution in [-0.4, -0.2) is 62.0 Å². The van der Waals surface area contributed by atoms with Crippen LogP contribution in [0, 0.1) is 0 Å². The molecule has 1 aliphatic rings. The minimum absolute atomic E-state index is 0.170. The number of halogens is 2. The number of carbonyl (C=O) groups is 1. The zero-order valence-corrected chi connectivity index (χ0v) is 20.4. The van der Waals surface area contributed by atoms with Crippen LogP contribution in [-0.2, 0) is 14.8 Å². The molecule has 7 nitrogen and oxygen atoms in total. The lowest BCUT2D eigenvalue weighted by molar-refractivity contribution is -0.122. The molecule has 0 spiro atoms. The van der Waals surface area contributed by atoms with E-state index in [1.807, 2.05) is 36.1 Å². The molecule has 1 aliphatic heterocycles. The summed E-state index contributed by atoms with van der Waals surface area (Å²) in [6, 6.07) is 14.3. The van der Waals surface area contributed by atoms with Crippen LogP contribution < -0.4 is 5.43 Å². The van der Waals surface area contributed by atoms with E-state index in [1.54, 1.807) is 24.3 Å². The number of piperazine rings is 1. The van der Waals surface area contributed by atoms with Gasteiger partial charge in [-0.2, -0.15) is 9.41 Å². The average Bonchev–Trinajstić information content (AvgIpc) is 2.73. The maximum Gasteiger partial charge on any atom is 0.254 e.